The highest BCUT2D eigenvalue weighted by atomic mass is 35.5. The predicted octanol–water partition coefficient (Wildman–Crippen LogP) is 4.86. The summed E-state index contributed by atoms with van der Waals surface area (Å²) >= 11 is 5.95. The van der Waals surface area contributed by atoms with Gasteiger partial charge in [0.05, 0.1) is 0 Å². The normalized spacial score (nSPS) is 25.5. The Labute approximate surface area is 129 Å². The van der Waals surface area contributed by atoms with E-state index in [1.54, 1.807) is 12.1 Å². The monoisotopic (exact) mass is 317 g/mol. The van der Waals surface area contributed by atoms with Crippen molar-refractivity contribution in [2.24, 2.45) is 11.8 Å². The molecule has 1 N–H and O–H groups in total. The lowest BCUT2D eigenvalue weighted by Gasteiger charge is -2.22. The topological polar surface area (TPSA) is 21.3 Å². The first-order valence-corrected chi connectivity index (χ1v) is 7.85. The van der Waals surface area contributed by atoms with Gasteiger partial charge in [-0.3, -0.25) is 0 Å². The Morgan fingerprint density at radius 2 is 2.14 bits per heavy atom. The van der Waals surface area contributed by atoms with Crippen LogP contribution in [0.2, 0.25) is 5.02 Å². The molecule has 1 fully saturated rings. The van der Waals surface area contributed by atoms with Crippen LogP contribution in [0.3, 0.4) is 0 Å². The molecule has 1 aliphatic rings. The van der Waals surface area contributed by atoms with Gasteiger partial charge in [0.15, 0.2) is 0 Å². The van der Waals surface area contributed by atoms with Gasteiger partial charge in [-0.1, -0.05) is 31.9 Å². The van der Waals surface area contributed by atoms with Crippen LogP contribution in [-0.2, 0) is 6.54 Å². The number of halogens is 3. The van der Waals surface area contributed by atoms with E-state index in [1.165, 1.54) is 18.9 Å². The van der Waals surface area contributed by atoms with Crippen LogP contribution in [-0.4, -0.2) is 12.7 Å². The first kappa shape index (κ1) is 16.5. The molecule has 3 atom stereocenters. The molecule has 0 bridgehead atoms. The van der Waals surface area contributed by atoms with E-state index in [9.17, 15) is 8.78 Å². The second-order valence-electron chi connectivity index (χ2n) is 5.72. The van der Waals surface area contributed by atoms with Gasteiger partial charge in [0, 0.05) is 23.2 Å². The van der Waals surface area contributed by atoms with Crippen LogP contribution in [0.25, 0.3) is 0 Å². The lowest BCUT2D eigenvalue weighted by Crippen LogP contribution is -2.32. The molecule has 2 nitrogen and oxygen atoms in total. The Balaban J connectivity index is 2.01. The highest BCUT2D eigenvalue weighted by Gasteiger charge is 2.31. The lowest BCUT2D eigenvalue weighted by atomic mass is 9.93. The minimum atomic E-state index is -2.82. The molecule has 0 radical (unpaired) electrons. The molecule has 0 aliphatic heterocycles. The van der Waals surface area contributed by atoms with Crippen molar-refractivity contribution in [2.75, 3.05) is 0 Å². The minimum Gasteiger partial charge on any atom is -0.434 e. The third-order valence-corrected chi connectivity index (χ3v) is 4.78. The summed E-state index contributed by atoms with van der Waals surface area (Å²) in [7, 11) is 0. The average Bonchev–Trinajstić information content (AvgIpc) is 2.79. The van der Waals surface area contributed by atoms with Gasteiger partial charge in [0.1, 0.15) is 5.75 Å². The van der Waals surface area contributed by atoms with Crippen LogP contribution in [0.1, 0.15) is 38.7 Å². The van der Waals surface area contributed by atoms with Crippen molar-refractivity contribution in [3.63, 3.8) is 0 Å². The Morgan fingerprint density at radius 1 is 1.38 bits per heavy atom. The summed E-state index contributed by atoms with van der Waals surface area (Å²) in [6, 6.07) is 5.17. The van der Waals surface area contributed by atoms with Gasteiger partial charge in [-0.2, -0.15) is 8.78 Å². The summed E-state index contributed by atoms with van der Waals surface area (Å²) in [6.07, 6.45) is 3.55. The molecular weight excluding hydrogens is 296 g/mol. The average molecular weight is 318 g/mol. The van der Waals surface area contributed by atoms with Crippen molar-refractivity contribution < 1.29 is 13.5 Å². The maximum Gasteiger partial charge on any atom is 0.387 e. The van der Waals surface area contributed by atoms with Crippen molar-refractivity contribution in [2.45, 2.75) is 52.3 Å². The van der Waals surface area contributed by atoms with Crippen LogP contribution in [0.15, 0.2) is 18.2 Å². The molecule has 1 aromatic rings. The first-order chi connectivity index (χ1) is 10.0. The summed E-state index contributed by atoms with van der Waals surface area (Å²) in [6.45, 7) is 2.15. The van der Waals surface area contributed by atoms with E-state index in [1.807, 2.05) is 0 Å². The summed E-state index contributed by atoms with van der Waals surface area (Å²) in [5.41, 5.74) is 0.676. The second-order valence-corrected chi connectivity index (χ2v) is 6.16. The molecule has 0 spiro atoms. The van der Waals surface area contributed by atoms with Gasteiger partial charge in [-0.15, -0.1) is 0 Å². The Morgan fingerprint density at radius 3 is 2.76 bits per heavy atom. The molecule has 2 rings (SSSR count). The van der Waals surface area contributed by atoms with Gasteiger partial charge in [-0.05, 0) is 42.9 Å². The van der Waals surface area contributed by atoms with E-state index in [0.717, 1.165) is 12.3 Å². The molecule has 0 aromatic heterocycles. The second kappa shape index (κ2) is 7.41. The standard InChI is InChI=1S/C16H22ClF2NO/c1-3-11-4-6-14(10(11)2)20-9-12-8-13(17)5-7-15(12)21-16(18)19/h5,7-8,10-11,14,16,20H,3-4,6,9H2,1-2H3. The van der Waals surface area contributed by atoms with E-state index in [-0.39, 0.29) is 5.75 Å². The van der Waals surface area contributed by atoms with E-state index >= 15 is 0 Å². The molecule has 21 heavy (non-hydrogen) atoms. The zero-order valence-corrected chi connectivity index (χ0v) is 13.2. The van der Waals surface area contributed by atoms with E-state index < -0.39 is 6.61 Å². The fraction of sp³-hybridized carbons (Fsp3) is 0.625. The number of alkyl halides is 2. The number of rotatable bonds is 6. The Bertz CT molecular complexity index is 470. The zero-order valence-electron chi connectivity index (χ0n) is 12.4. The molecule has 1 saturated carbocycles. The Hall–Kier alpha value is -0.870. The summed E-state index contributed by atoms with van der Waals surface area (Å²) in [5.74, 6) is 1.55. The minimum absolute atomic E-state index is 0.194. The zero-order chi connectivity index (χ0) is 15.4. The van der Waals surface area contributed by atoms with Crippen molar-refractivity contribution in [1.82, 2.24) is 5.32 Å². The molecule has 0 saturated heterocycles. The molecular formula is C16H22ClF2NO. The number of hydrogen-bond donors (Lipinski definition) is 1. The number of ether oxygens (including phenoxy) is 1. The maximum absolute atomic E-state index is 12.4. The quantitative estimate of drug-likeness (QED) is 0.809. The number of nitrogens with one attached hydrogen (secondary N) is 1. The van der Waals surface area contributed by atoms with Crippen LogP contribution in [0.5, 0.6) is 5.75 Å². The smallest absolute Gasteiger partial charge is 0.387 e. The third-order valence-electron chi connectivity index (χ3n) is 4.54. The number of benzene rings is 1. The molecule has 0 amide bonds. The van der Waals surface area contributed by atoms with Crippen molar-refractivity contribution in [3.05, 3.63) is 28.8 Å². The van der Waals surface area contributed by atoms with Crippen molar-refractivity contribution in [1.29, 1.82) is 0 Å². The van der Waals surface area contributed by atoms with Crippen LogP contribution >= 0.6 is 11.6 Å². The van der Waals surface area contributed by atoms with E-state index in [2.05, 4.69) is 23.9 Å². The molecule has 1 aliphatic carbocycles. The van der Waals surface area contributed by atoms with Crippen LogP contribution in [0, 0.1) is 11.8 Å². The molecule has 118 valence electrons. The van der Waals surface area contributed by atoms with Crippen LogP contribution in [0.4, 0.5) is 8.78 Å². The first-order valence-electron chi connectivity index (χ1n) is 7.47. The van der Waals surface area contributed by atoms with Gasteiger partial charge < -0.3 is 10.1 Å². The summed E-state index contributed by atoms with van der Waals surface area (Å²) < 4.78 is 29.4. The predicted molar refractivity (Wildman–Crippen MR) is 80.9 cm³/mol. The third kappa shape index (κ3) is 4.30. The van der Waals surface area contributed by atoms with Gasteiger partial charge in [-0.25, -0.2) is 0 Å². The van der Waals surface area contributed by atoms with Crippen LogP contribution < -0.4 is 10.1 Å². The molecule has 1 aromatic carbocycles. The van der Waals surface area contributed by atoms with E-state index in [0.29, 0.717) is 29.1 Å². The van der Waals surface area contributed by atoms with Gasteiger partial charge in [0.25, 0.3) is 0 Å². The fourth-order valence-electron chi connectivity index (χ4n) is 3.25. The molecule has 0 heterocycles. The molecule has 5 heteroatoms. The summed E-state index contributed by atoms with van der Waals surface area (Å²) in [5, 5.41) is 4.00. The fourth-order valence-corrected chi connectivity index (χ4v) is 3.44. The highest BCUT2D eigenvalue weighted by Crippen LogP contribution is 2.34. The number of hydrogen-bond acceptors (Lipinski definition) is 2. The Kier molecular flexibility index (Phi) is 5.82. The van der Waals surface area contributed by atoms with E-state index in [4.69, 9.17) is 11.6 Å². The van der Waals surface area contributed by atoms with Gasteiger partial charge in [0.2, 0.25) is 0 Å². The van der Waals surface area contributed by atoms with Crippen molar-refractivity contribution in [3.8, 4) is 5.75 Å². The van der Waals surface area contributed by atoms with Crippen molar-refractivity contribution >= 4 is 11.6 Å². The molecule has 3 unspecified atom stereocenters. The SMILES string of the molecule is CCC1CCC(NCc2cc(Cl)ccc2OC(F)F)C1C. The van der Waals surface area contributed by atoms with Gasteiger partial charge >= 0.3 is 6.61 Å². The largest absolute Gasteiger partial charge is 0.434 e. The lowest BCUT2D eigenvalue weighted by molar-refractivity contribution is -0.0505. The maximum atomic E-state index is 12.4. The summed E-state index contributed by atoms with van der Waals surface area (Å²) in [4.78, 5) is 0. The highest BCUT2D eigenvalue weighted by molar-refractivity contribution is 6.30.